The summed E-state index contributed by atoms with van der Waals surface area (Å²) in [4.78, 5) is 15.1. The third-order valence-corrected chi connectivity index (χ3v) is 2.72. The van der Waals surface area contributed by atoms with Crippen molar-refractivity contribution in [3.63, 3.8) is 0 Å². The van der Waals surface area contributed by atoms with E-state index in [1.807, 2.05) is 0 Å². The highest BCUT2D eigenvalue weighted by atomic mass is 16.5. The van der Waals surface area contributed by atoms with E-state index in [2.05, 4.69) is 4.98 Å². The molecule has 1 heterocycles. The van der Waals surface area contributed by atoms with Crippen molar-refractivity contribution in [1.82, 2.24) is 4.98 Å². The second kappa shape index (κ2) is 6.10. The average Bonchev–Trinajstić information content (AvgIpc) is 2.49. The van der Waals surface area contributed by atoms with Crippen molar-refractivity contribution >= 4 is 11.7 Å². The van der Waals surface area contributed by atoms with Gasteiger partial charge in [-0.2, -0.15) is 0 Å². The summed E-state index contributed by atoms with van der Waals surface area (Å²) in [5.74, 6) is -0.645. The van der Waals surface area contributed by atoms with E-state index in [9.17, 15) is 4.79 Å². The van der Waals surface area contributed by atoms with Crippen LogP contribution in [0, 0.1) is 0 Å². The van der Waals surface area contributed by atoms with E-state index in [0.29, 0.717) is 11.3 Å². The first kappa shape index (κ1) is 14.6. The quantitative estimate of drug-likeness (QED) is 0.766. The number of nitrogen functional groups attached to an aromatic ring is 1. The molecule has 0 saturated heterocycles. The minimum absolute atomic E-state index is 0.0910. The molecule has 0 atom stereocenters. The van der Waals surface area contributed by atoms with Gasteiger partial charge < -0.3 is 25.4 Å². The molecule has 0 aliphatic rings. The predicted octanol–water partition coefficient (Wildman–Crippen LogP) is 1.66. The number of hydrogen-bond donors (Lipinski definition) is 3. The number of aliphatic hydroxyl groups excluding tert-OH is 1. The van der Waals surface area contributed by atoms with Crippen molar-refractivity contribution in [3.8, 4) is 17.4 Å². The molecule has 0 aliphatic heterocycles. The molecule has 0 spiro atoms. The van der Waals surface area contributed by atoms with Gasteiger partial charge in [0.1, 0.15) is 5.56 Å². The number of carbonyl (C=O) groups is 1. The number of aromatic nitrogens is 1. The van der Waals surface area contributed by atoms with Gasteiger partial charge in [-0.25, -0.2) is 9.78 Å². The zero-order valence-corrected chi connectivity index (χ0v) is 11.2. The van der Waals surface area contributed by atoms with Gasteiger partial charge in [0.15, 0.2) is 11.5 Å². The summed E-state index contributed by atoms with van der Waals surface area (Å²) in [5.41, 5.74) is 6.24. The molecule has 0 unspecified atom stereocenters. The lowest BCUT2D eigenvalue weighted by Gasteiger charge is -2.12. The maximum Gasteiger partial charge on any atom is 0.341 e. The molecule has 7 nitrogen and oxygen atoms in total. The third kappa shape index (κ3) is 3.21. The fourth-order valence-corrected chi connectivity index (χ4v) is 1.70. The van der Waals surface area contributed by atoms with E-state index in [0.717, 1.165) is 0 Å². The normalized spacial score (nSPS) is 10.2. The molecule has 0 fully saturated rings. The lowest BCUT2D eigenvalue weighted by molar-refractivity contribution is 0.0693. The maximum absolute atomic E-state index is 11.2. The SMILES string of the molecule is COc1cc(CO)ccc1Oc1ncc(N)cc1C(=O)O. The zero-order valence-electron chi connectivity index (χ0n) is 11.2. The Kier molecular flexibility index (Phi) is 4.24. The number of carboxylic acid groups (broad SMARTS) is 1. The Morgan fingerprint density at radius 1 is 1.33 bits per heavy atom. The Bertz CT molecular complexity index is 672. The van der Waals surface area contributed by atoms with E-state index in [4.69, 9.17) is 25.4 Å². The smallest absolute Gasteiger partial charge is 0.341 e. The number of benzene rings is 1. The molecular weight excluding hydrogens is 276 g/mol. The van der Waals surface area contributed by atoms with Crippen molar-refractivity contribution in [3.05, 3.63) is 41.6 Å². The molecular formula is C14H14N2O5. The van der Waals surface area contributed by atoms with Gasteiger partial charge in [0.25, 0.3) is 0 Å². The highest BCUT2D eigenvalue weighted by molar-refractivity contribution is 5.91. The van der Waals surface area contributed by atoms with Crippen molar-refractivity contribution in [2.75, 3.05) is 12.8 Å². The minimum atomic E-state index is -1.20. The minimum Gasteiger partial charge on any atom is -0.493 e. The molecule has 110 valence electrons. The van der Waals surface area contributed by atoms with Gasteiger partial charge in [0, 0.05) is 0 Å². The largest absolute Gasteiger partial charge is 0.493 e. The third-order valence-electron chi connectivity index (χ3n) is 2.72. The number of nitrogens with two attached hydrogens (primary N) is 1. The summed E-state index contributed by atoms with van der Waals surface area (Å²) in [6.45, 7) is -0.142. The number of hydrogen-bond acceptors (Lipinski definition) is 6. The van der Waals surface area contributed by atoms with Gasteiger partial charge in [0.2, 0.25) is 5.88 Å². The number of ether oxygens (including phenoxy) is 2. The van der Waals surface area contributed by atoms with Crippen LogP contribution >= 0.6 is 0 Å². The zero-order chi connectivity index (χ0) is 15.4. The molecule has 2 rings (SSSR count). The average molecular weight is 290 g/mol. The first-order chi connectivity index (χ1) is 10.0. The molecule has 2 aromatic rings. The van der Waals surface area contributed by atoms with Crippen molar-refractivity contribution < 1.29 is 24.5 Å². The number of nitrogens with zero attached hydrogens (tertiary/aromatic N) is 1. The van der Waals surface area contributed by atoms with Crippen LogP contribution < -0.4 is 15.2 Å². The Hall–Kier alpha value is -2.80. The number of aromatic carboxylic acids is 1. The molecule has 0 radical (unpaired) electrons. The Morgan fingerprint density at radius 2 is 2.10 bits per heavy atom. The van der Waals surface area contributed by atoms with E-state index in [-0.39, 0.29) is 29.5 Å². The molecule has 0 saturated carbocycles. The van der Waals surface area contributed by atoms with Crippen LogP contribution in [0.2, 0.25) is 0 Å². The van der Waals surface area contributed by atoms with Gasteiger partial charge in [0.05, 0.1) is 25.6 Å². The van der Waals surface area contributed by atoms with Gasteiger partial charge in [-0.1, -0.05) is 6.07 Å². The highest BCUT2D eigenvalue weighted by Crippen LogP contribution is 2.33. The summed E-state index contributed by atoms with van der Waals surface area (Å²) >= 11 is 0. The predicted molar refractivity (Wildman–Crippen MR) is 74.6 cm³/mol. The summed E-state index contributed by atoms with van der Waals surface area (Å²) in [7, 11) is 1.44. The Balaban J connectivity index is 2.40. The Morgan fingerprint density at radius 3 is 2.71 bits per heavy atom. The second-order valence-electron chi connectivity index (χ2n) is 4.17. The monoisotopic (exact) mass is 290 g/mol. The van der Waals surface area contributed by atoms with Crippen molar-refractivity contribution in [1.29, 1.82) is 0 Å². The second-order valence-corrected chi connectivity index (χ2v) is 4.17. The van der Waals surface area contributed by atoms with Gasteiger partial charge in [-0.15, -0.1) is 0 Å². The summed E-state index contributed by atoms with van der Waals surface area (Å²) < 4.78 is 10.6. The first-order valence-electron chi connectivity index (χ1n) is 5.99. The Labute approximate surface area is 120 Å². The lowest BCUT2D eigenvalue weighted by atomic mass is 10.2. The van der Waals surface area contributed by atoms with Crippen LogP contribution in [0.3, 0.4) is 0 Å². The van der Waals surface area contributed by atoms with Crippen LogP contribution in [0.5, 0.6) is 17.4 Å². The fraction of sp³-hybridized carbons (Fsp3) is 0.143. The number of aliphatic hydroxyl groups is 1. The van der Waals surface area contributed by atoms with Gasteiger partial charge in [-0.3, -0.25) is 0 Å². The molecule has 0 aliphatic carbocycles. The van der Waals surface area contributed by atoms with Crippen LogP contribution in [0.4, 0.5) is 5.69 Å². The van der Waals surface area contributed by atoms with Crippen molar-refractivity contribution in [2.45, 2.75) is 6.61 Å². The maximum atomic E-state index is 11.2. The molecule has 0 bridgehead atoms. The molecule has 4 N–H and O–H groups in total. The number of anilines is 1. The van der Waals surface area contributed by atoms with Crippen LogP contribution in [-0.2, 0) is 6.61 Å². The summed E-state index contributed by atoms with van der Waals surface area (Å²) in [6, 6.07) is 6.05. The number of pyridine rings is 1. The van der Waals surface area contributed by atoms with E-state index < -0.39 is 5.97 Å². The summed E-state index contributed by atoms with van der Waals surface area (Å²) in [5, 5.41) is 18.2. The fourth-order valence-electron chi connectivity index (χ4n) is 1.70. The number of carboxylic acids is 1. The first-order valence-corrected chi connectivity index (χ1v) is 5.99. The van der Waals surface area contributed by atoms with Gasteiger partial charge >= 0.3 is 5.97 Å². The number of rotatable bonds is 5. The van der Waals surface area contributed by atoms with Crippen LogP contribution in [0.1, 0.15) is 15.9 Å². The molecule has 1 aromatic carbocycles. The van der Waals surface area contributed by atoms with E-state index >= 15 is 0 Å². The summed E-state index contributed by atoms with van der Waals surface area (Å²) in [6.07, 6.45) is 1.30. The van der Waals surface area contributed by atoms with Crippen LogP contribution in [0.15, 0.2) is 30.5 Å². The van der Waals surface area contributed by atoms with E-state index in [1.165, 1.54) is 19.4 Å². The number of methoxy groups -OCH3 is 1. The van der Waals surface area contributed by atoms with Crippen molar-refractivity contribution in [2.24, 2.45) is 0 Å². The highest BCUT2D eigenvalue weighted by Gasteiger charge is 2.16. The van der Waals surface area contributed by atoms with Crippen LogP contribution in [-0.4, -0.2) is 28.3 Å². The topological polar surface area (TPSA) is 115 Å². The molecule has 0 amide bonds. The molecule has 21 heavy (non-hydrogen) atoms. The molecule has 7 heteroatoms. The van der Waals surface area contributed by atoms with Crippen LogP contribution in [0.25, 0.3) is 0 Å². The standard InChI is InChI=1S/C14H14N2O5/c1-20-12-4-8(7-17)2-3-11(12)21-13-10(14(18)19)5-9(15)6-16-13/h2-6,17H,7,15H2,1H3,(H,18,19). The molecule has 1 aromatic heterocycles. The van der Waals surface area contributed by atoms with Gasteiger partial charge in [-0.05, 0) is 23.8 Å². The van der Waals surface area contributed by atoms with E-state index in [1.54, 1.807) is 18.2 Å². The lowest BCUT2D eigenvalue weighted by Crippen LogP contribution is -2.04.